The third kappa shape index (κ3) is 6.11. The minimum atomic E-state index is 0.161. The molecule has 3 nitrogen and oxygen atoms in total. The molecule has 0 aromatic heterocycles. The quantitative estimate of drug-likeness (QED) is 0.691. The summed E-state index contributed by atoms with van der Waals surface area (Å²) in [6.45, 7) is 17.0. The summed E-state index contributed by atoms with van der Waals surface area (Å²) in [7, 11) is 0. The van der Waals surface area contributed by atoms with Crippen LogP contribution in [0.3, 0.4) is 0 Å². The topological polar surface area (TPSA) is 30.5 Å². The zero-order valence-electron chi connectivity index (χ0n) is 14.4. The molecule has 20 heavy (non-hydrogen) atoms. The average Bonchev–Trinajstić information content (AvgIpc) is 2.67. The maximum atomic E-state index is 5.83. The van der Waals surface area contributed by atoms with Gasteiger partial charge >= 0.3 is 0 Å². The van der Waals surface area contributed by atoms with Crippen LogP contribution < -0.4 is 5.32 Å². The van der Waals surface area contributed by atoms with Crippen LogP contribution in [0.15, 0.2) is 0 Å². The summed E-state index contributed by atoms with van der Waals surface area (Å²) in [6.07, 6.45) is 3.71. The summed E-state index contributed by atoms with van der Waals surface area (Å²) in [5.41, 5.74) is 0.402. The standard InChI is InChI=1S/C17H35NO2/c1-14(2)7-10-19-11-8-17(9-12-20-15(17)3)13-18-16(4,5)6/h14-15,18H,7-13H2,1-6H3. The number of hydrogen-bond donors (Lipinski definition) is 1. The second-order valence-electron chi connectivity index (χ2n) is 7.77. The highest BCUT2D eigenvalue weighted by atomic mass is 16.5. The van der Waals surface area contributed by atoms with Crippen LogP contribution >= 0.6 is 0 Å². The highest BCUT2D eigenvalue weighted by Crippen LogP contribution is 2.38. The fraction of sp³-hybridized carbons (Fsp3) is 1.00. The van der Waals surface area contributed by atoms with Crippen molar-refractivity contribution in [3.8, 4) is 0 Å². The van der Waals surface area contributed by atoms with Crippen molar-refractivity contribution >= 4 is 0 Å². The molecule has 0 saturated carbocycles. The van der Waals surface area contributed by atoms with Crippen LogP contribution in [0.1, 0.15) is 60.8 Å². The molecule has 1 aliphatic heterocycles. The van der Waals surface area contributed by atoms with Gasteiger partial charge in [0.05, 0.1) is 6.10 Å². The van der Waals surface area contributed by atoms with Crippen molar-refractivity contribution in [2.75, 3.05) is 26.4 Å². The van der Waals surface area contributed by atoms with Crippen molar-refractivity contribution in [3.05, 3.63) is 0 Å². The van der Waals surface area contributed by atoms with Gasteiger partial charge in [0.25, 0.3) is 0 Å². The lowest BCUT2D eigenvalue weighted by atomic mass is 9.78. The van der Waals surface area contributed by atoms with Crippen molar-refractivity contribution in [3.63, 3.8) is 0 Å². The minimum absolute atomic E-state index is 0.161. The summed E-state index contributed by atoms with van der Waals surface area (Å²) < 4.78 is 11.7. The first-order valence-corrected chi connectivity index (χ1v) is 8.19. The number of nitrogens with one attached hydrogen (secondary N) is 1. The van der Waals surface area contributed by atoms with Crippen LogP contribution in [0.4, 0.5) is 0 Å². The molecule has 0 aromatic carbocycles. The first-order chi connectivity index (χ1) is 9.25. The van der Waals surface area contributed by atoms with Gasteiger partial charge in [0, 0.05) is 37.3 Å². The van der Waals surface area contributed by atoms with Gasteiger partial charge in [0.1, 0.15) is 0 Å². The van der Waals surface area contributed by atoms with Gasteiger partial charge < -0.3 is 14.8 Å². The molecule has 1 saturated heterocycles. The van der Waals surface area contributed by atoms with E-state index in [0.29, 0.717) is 6.10 Å². The van der Waals surface area contributed by atoms with Gasteiger partial charge in [-0.2, -0.15) is 0 Å². The summed E-state index contributed by atoms with van der Waals surface area (Å²) in [5.74, 6) is 0.722. The SMILES string of the molecule is CC(C)CCOCCC1(CNC(C)(C)C)CCOC1C. The molecule has 2 unspecified atom stereocenters. The van der Waals surface area contributed by atoms with E-state index >= 15 is 0 Å². The van der Waals surface area contributed by atoms with E-state index < -0.39 is 0 Å². The molecule has 2 atom stereocenters. The molecule has 3 heteroatoms. The zero-order chi connectivity index (χ0) is 15.2. The smallest absolute Gasteiger partial charge is 0.0617 e. The van der Waals surface area contributed by atoms with Crippen molar-refractivity contribution in [2.24, 2.45) is 11.3 Å². The molecule has 0 bridgehead atoms. The van der Waals surface area contributed by atoms with E-state index in [4.69, 9.17) is 9.47 Å². The monoisotopic (exact) mass is 285 g/mol. The number of hydrogen-bond acceptors (Lipinski definition) is 3. The van der Waals surface area contributed by atoms with E-state index in [1.807, 2.05) is 0 Å². The molecule has 1 aliphatic rings. The van der Waals surface area contributed by atoms with Crippen LogP contribution in [-0.2, 0) is 9.47 Å². The summed E-state index contributed by atoms with van der Waals surface area (Å²) in [5, 5.41) is 3.66. The van der Waals surface area contributed by atoms with E-state index in [1.54, 1.807) is 0 Å². The Morgan fingerprint density at radius 1 is 1.30 bits per heavy atom. The molecule has 0 aromatic rings. The predicted octanol–water partition coefficient (Wildman–Crippen LogP) is 3.62. The molecule has 1 rings (SSSR count). The molecule has 0 radical (unpaired) electrons. The molecule has 1 heterocycles. The predicted molar refractivity (Wildman–Crippen MR) is 85.1 cm³/mol. The van der Waals surface area contributed by atoms with Crippen molar-refractivity contribution in [1.82, 2.24) is 5.32 Å². The Hall–Kier alpha value is -0.120. The van der Waals surface area contributed by atoms with Crippen LogP contribution in [0.2, 0.25) is 0 Å². The van der Waals surface area contributed by atoms with Gasteiger partial charge in [-0.3, -0.25) is 0 Å². The van der Waals surface area contributed by atoms with Gasteiger partial charge in [-0.1, -0.05) is 13.8 Å². The zero-order valence-corrected chi connectivity index (χ0v) is 14.4. The summed E-state index contributed by atoms with van der Waals surface area (Å²) in [4.78, 5) is 0. The van der Waals surface area contributed by atoms with Gasteiger partial charge in [-0.25, -0.2) is 0 Å². The van der Waals surface area contributed by atoms with Crippen molar-refractivity contribution in [2.45, 2.75) is 72.4 Å². The molecule has 1 N–H and O–H groups in total. The second kappa shape index (κ2) is 7.77. The molecule has 0 aliphatic carbocycles. The third-order valence-corrected chi connectivity index (χ3v) is 4.38. The van der Waals surface area contributed by atoms with E-state index in [-0.39, 0.29) is 11.0 Å². The second-order valence-corrected chi connectivity index (χ2v) is 7.77. The Kier molecular flexibility index (Phi) is 6.96. The lowest BCUT2D eigenvalue weighted by Crippen LogP contribution is -2.47. The maximum absolute atomic E-state index is 5.83. The molecule has 0 amide bonds. The van der Waals surface area contributed by atoms with E-state index in [2.05, 4.69) is 46.9 Å². The van der Waals surface area contributed by atoms with Crippen LogP contribution in [0.5, 0.6) is 0 Å². The van der Waals surface area contributed by atoms with Crippen molar-refractivity contribution < 1.29 is 9.47 Å². The molecule has 1 fully saturated rings. The Morgan fingerprint density at radius 2 is 2.00 bits per heavy atom. The molecular formula is C17H35NO2. The Labute approximate surface area is 125 Å². The van der Waals surface area contributed by atoms with E-state index in [9.17, 15) is 0 Å². The Bertz CT molecular complexity index is 273. The largest absolute Gasteiger partial charge is 0.381 e. The van der Waals surface area contributed by atoms with Crippen molar-refractivity contribution in [1.29, 1.82) is 0 Å². The van der Waals surface area contributed by atoms with Gasteiger partial charge in [-0.05, 0) is 52.9 Å². The average molecular weight is 285 g/mol. The lowest BCUT2D eigenvalue weighted by molar-refractivity contribution is 0.0284. The minimum Gasteiger partial charge on any atom is -0.381 e. The maximum Gasteiger partial charge on any atom is 0.0617 e. The van der Waals surface area contributed by atoms with E-state index in [1.165, 1.54) is 0 Å². The summed E-state index contributed by atoms with van der Waals surface area (Å²) >= 11 is 0. The molecule has 0 spiro atoms. The van der Waals surface area contributed by atoms with E-state index in [0.717, 1.165) is 51.5 Å². The lowest BCUT2D eigenvalue weighted by Gasteiger charge is -2.35. The molecule has 120 valence electrons. The Balaban J connectivity index is 2.40. The first-order valence-electron chi connectivity index (χ1n) is 8.19. The summed E-state index contributed by atoms with van der Waals surface area (Å²) in [6, 6.07) is 0. The highest BCUT2D eigenvalue weighted by molar-refractivity contribution is 4.93. The number of rotatable bonds is 8. The van der Waals surface area contributed by atoms with Gasteiger partial charge in [0.15, 0.2) is 0 Å². The van der Waals surface area contributed by atoms with Crippen LogP contribution in [-0.4, -0.2) is 38.0 Å². The Morgan fingerprint density at radius 3 is 2.50 bits per heavy atom. The van der Waals surface area contributed by atoms with Gasteiger partial charge in [0.2, 0.25) is 0 Å². The normalized spacial score (nSPS) is 27.4. The molecular weight excluding hydrogens is 250 g/mol. The highest BCUT2D eigenvalue weighted by Gasteiger charge is 2.41. The third-order valence-electron chi connectivity index (χ3n) is 4.38. The fourth-order valence-electron chi connectivity index (χ4n) is 2.61. The number of ether oxygens (including phenoxy) is 2. The van der Waals surface area contributed by atoms with Crippen LogP contribution in [0.25, 0.3) is 0 Å². The fourth-order valence-corrected chi connectivity index (χ4v) is 2.61. The van der Waals surface area contributed by atoms with Crippen LogP contribution in [0, 0.1) is 11.3 Å². The first kappa shape index (κ1) is 17.9. The van der Waals surface area contributed by atoms with Gasteiger partial charge in [-0.15, -0.1) is 0 Å².